The quantitative estimate of drug-likeness (QED) is 0.769. The van der Waals surface area contributed by atoms with Gasteiger partial charge < -0.3 is 5.32 Å². The molecule has 0 amide bonds. The van der Waals surface area contributed by atoms with Crippen molar-refractivity contribution in [1.29, 1.82) is 0 Å². The second kappa shape index (κ2) is 7.31. The molecule has 0 bridgehead atoms. The fourth-order valence-corrected chi connectivity index (χ4v) is 2.55. The molecule has 19 heavy (non-hydrogen) atoms. The largest absolute Gasteiger partial charge is 0.383 e. The van der Waals surface area contributed by atoms with Crippen LogP contribution in [0.25, 0.3) is 0 Å². The first-order valence-electron chi connectivity index (χ1n) is 7.66. The van der Waals surface area contributed by atoms with Crippen molar-refractivity contribution < 1.29 is 0 Å². The Morgan fingerprint density at radius 2 is 2.05 bits per heavy atom. The molecule has 0 aliphatic carbocycles. The molecule has 0 saturated heterocycles. The Hall–Kier alpha value is -1.32. The van der Waals surface area contributed by atoms with Crippen LogP contribution < -0.4 is 10.9 Å². The third-order valence-electron chi connectivity index (χ3n) is 3.70. The fraction of sp³-hybridized carbons (Fsp3) is 0.733. The predicted molar refractivity (Wildman–Crippen MR) is 78.7 cm³/mol. The highest BCUT2D eigenvalue weighted by molar-refractivity contribution is 5.48. The lowest BCUT2D eigenvalue weighted by atomic mass is 10.1. The predicted octanol–water partition coefficient (Wildman–Crippen LogP) is 2.96. The molecule has 4 nitrogen and oxygen atoms in total. The molecule has 0 radical (unpaired) electrons. The van der Waals surface area contributed by atoms with E-state index in [2.05, 4.69) is 17.3 Å². The summed E-state index contributed by atoms with van der Waals surface area (Å²) in [6.07, 6.45) is 9.53. The van der Waals surface area contributed by atoms with Gasteiger partial charge in [-0.15, -0.1) is 0 Å². The van der Waals surface area contributed by atoms with Crippen LogP contribution in [-0.2, 0) is 13.0 Å². The summed E-state index contributed by atoms with van der Waals surface area (Å²) in [4.78, 5) is 11.9. The van der Waals surface area contributed by atoms with Crippen LogP contribution in [0.2, 0.25) is 0 Å². The Bertz CT molecular complexity index is 453. The van der Waals surface area contributed by atoms with Gasteiger partial charge in [-0.3, -0.25) is 4.79 Å². The first-order valence-corrected chi connectivity index (χ1v) is 7.66. The smallest absolute Gasteiger partial charge is 0.268 e. The van der Waals surface area contributed by atoms with Gasteiger partial charge in [-0.1, -0.05) is 39.0 Å². The minimum atomic E-state index is 0.0294. The molecule has 1 aromatic heterocycles. The third kappa shape index (κ3) is 4.08. The molecule has 4 heteroatoms. The number of aromatic nitrogens is 2. The number of anilines is 1. The van der Waals surface area contributed by atoms with Gasteiger partial charge in [0.2, 0.25) is 0 Å². The van der Waals surface area contributed by atoms with E-state index >= 15 is 0 Å². The van der Waals surface area contributed by atoms with Crippen molar-refractivity contribution in [3.05, 3.63) is 22.1 Å². The molecular weight excluding hydrogens is 238 g/mol. The van der Waals surface area contributed by atoms with Crippen LogP contribution in [-0.4, -0.2) is 16.3 Å². The van der Waals surface area contributed by atoms with Crippen molar-refractivity contribution in [2.75, 3.05) is 11.9 Å². The highest BCUT2D eigenvalue weighted by atomic mass is 16.1. The maximum absolute atomic E-state index is 11.9. The van der Waals surface area contributed by atoms with E-state index in [0.29, 0.717) is 0 Å². The molecule has 0 aromatic carbocycles. The van der Waals surface area contributed by atoms with Crippen molar-refractivity contribution in [3.63, 3.8) is 0 Å². The zero-order valence-corrected chi connectivity index (χ0v) is 12.0. The number of nitrogens with one attached hydrogen (secondary N) is 1. The number of rotatable bonds is 7. The summed E-state index contributed by atoms with van der Waals surface area (Å²) >= 11 is 0. The molecule has 0 fully saturated rings. The van der Waals surface area contributed by atoms with Gasteiger partial charge >= 0.3 is 0 Å². The zero-order valence-electron chi connectivity index (χ0n) is 12.0. The number of hydrogen-bond donors (Lipinski definition) is 1. The van der Waals surface area contributed by atoms with E-state index in [4.69, 9.17) is 0 Å². The van der Waals surface area contributed by atoms with E-state index < -0.39 is 0 Å². The van der Waals surface area contributed by atoms with E-state index in [1.165, 1.54) is 32.1 Å². The lowest BCUT2D eigenvalue weighted by molar-refractivity contribution is 0.501. The summed E-state index contributed by atoms with van der Waals surface area (Å²) in [6, 6.07) is 1.71. The number of fused-ring (bicyclic) bond motifs is 1. The number of unbranched alkanes of at least 4 members (excludes halogenated alkanes) is 5. The second-order valence-corrected chi connectivity index (χ2v) is 5.36. The molecule has 1 aliphatic heterocycles. The molecular formula is C15H25N3O. The third-order valence-corrected chi connectivity index (χ3v) is 3.70. The number of nitrogens with zero attached hydrogens (tertiary/aromatic N) is 2. The molecule has 106 valence electrons. The normalized spacial score (nSPS) is 13.9. The van der Waals surface area contributed by atoms with Crippen molar-refractivity contribution >= 4 is 5.69 Å². The topological polar surface area (TPSA) is 46.9 Å². The van der Waals surface area contributed by atoms with Gasteiger partial charge in [-0.25, -0.2) is 4.68 Å². The van der Waals surface area contributed by atoms with Crippen LogP contribution in [0, 0.1) is 0 Å². The maximum Gasteiger partial charge on any atom is 0.268 e. The Morgan fingerprint density at radius 3 is 2.89 bits per heavy atom. The van der Waals surface area contributed by atoms with Gasteiger partial charge in [0.25, 0.3) is 5.56 Å². The van der Waals surface area contributed by atoms with Crippen LogP contribution in [0.3, 0.4) is 0 Å². The second-order valence-electron chi connectivity index (χ2n) is 5.36. The molecule has 2 heterocycles. The highest BCUT2D eigenvalue weighted by Gasteiger charge is 2.12. The Morgan fingerprint density at radius 1 is 1.26 bits per heavy atom. The van der Waals surface area contributed by atoms with Gasteiger partial charge in [0.15, 0.2) is 0 Å². The molecule has 2 rings (SSSR count). The van der Waals surface area contributed by atoms with Gasteiger partial charge in [0.1, 0.15) is 0 Å². The first kappa shape index (κ1) is 14.1. The lowest BCUT2D eigenvalue weighted by Crippen LogP contribution is -2.27. The summed E-state index contributed by atoms with van der Waals surface area (Å²) < 4.78 is 1.64. The number of aryl methyl sites for hydroxylation is 2. The van der Waals surface area contributed by atoms with Gasteiger partial charge in [-0.2, -0.15) is 5.10 Å². The highest BCUT2D eigenvalue weighted by Crippen LogP contribution is 2.16. The number of hydrogen-bond acceptors (Lipinski definition) is 3. The van der Waals surface area contributed by atoms with E-state index in [9.17, 15) is 4.79 Å². The van der Waals surface area contributed by atoms with E-state index in [0.717, 1.165) is 43.7 Å². The molecule has 1 N–H and O–H groups in total. The molecule has 0 saturated carbocycles. The summed E-state index contributed by atoms with van der Waals surface area (Å²) in [5.41, 5.74) is 2.02. The minimum absolute atomic E-state index is 0.0294. The summed E-state index contributed by atoms with van der Waals surface area (Å²) in [6.45, 7) is 3.94. The van der Waals surface area contributed by atoms with E-state index in [-0.39, 0.29) is 5.56 Å². The van der Waals surface area contributed by atoms with Crippen molar-refractivity contribution in [2.24, 2.45) is 0 Å². The fourth-order valence-electron chi connectivity index (χ4n) is 2.55. The molecule has 0 unspecified atom stereocenters. The van der Waals surface area contributed by atoms with E-state index in [1.54, 1.807) is 10.7 Å². The van der Waals surface area contributed by atoms with Crippen molar-refractivity contribution in [3.8, 4) is 0 Å². The van der Waals surface area contributed by atoms with Crippen molar-refractivity contribution in [1.82, 2.24) is 9.78 Å². The Labute approximate surface area is 115 Å². The first-order chi connectivity index (χ1) is 9.31. The average Bonchev–Trinajstić information content (AvgIpc) is 2.43. The summed E-state index contributed by atoms with van der Waals surface area (Å²) in [5.74, 6) is 0. The van der Waals surface area contributed by atoms with Crippen LogP contribution in [0.5, 0.6) is 0 Å². The van der Waals surface area contributed by atoms with E-state index in [1.807, 2.05) is 0 Å². The lowest BCUT2D eigenvalue weighted by Gasteiger charge is -2.17. The van der Waals surface area contributed by atoms with Crippen LogP contribution >= 0.6 is 0 Å². The standard InChI is InChI=1S/C15H25N3O/c1-2-3-4-5-6-7-11-18-15(19)12-14-13(17-18)9-8-10-16-14/h12,16H,2-11H2,1H3. The Balaban J connectivity index is 1.85. The average molecular weight is 263 g/mol. The molecule has 1 aliphatic rings. The maximum atomic E-state index is 11.9. The van der Waals surface area contributed by atoms with Crippen LogP contribution in [0.15, 0.2) is 10.9 Å². The summed E-state index contributed by atoms with van der Waals surface area (Å²) in [7, 11) is 0. The Kier molecular flexibility index (Phi) is 5.43. The SMILES string of the molecule is CCCCCCCCn1nc2c(cc1=O)NCCC2. The van der Waals surface area contributed by atoms with Gasteiger partial charge in [0.05, 0.1) is 11.4 Å². The van der Waals surface area contributed by atoms with Crippen LogP contribution in [0.4, 0.5) is 5.69 Å². The van der Waals surface area contributed by atoms with Crippen LogP contribution in [0.1, 0.15) is 57.6 Å². The zero-order chi connectivity index (χ0) is 13.5. The van der Waals surface area contributed by atoms with Gasteiger partial charge in [-0.05, 0) is 19.3 Å². The summed E-state index contributed by atoms with van der Waals surface area (Å²) in [5, 5.41) is 7.73. The van der Waals surface area contributed by atoms with Gasteiger partial charge in [0, 0.05) is 19.2 Å². The van der Waals surface area contributed by atoms with Crippen molar-refractivity contribution in [2.45, 2.75) is 64.8 Å². The molecule has 1 aromatic rings. The monoisotopic (exact) mass is 263 g/mol. The molecule has 0 atom stereocenters. The molecule has 0 spiro atoms. The minimum Gasteiger partial charge on any atom is -0.383 e.